The SMILES string of the molecule is COc1cc(CC=CC=O)ccc1O. The Hall–Kier alpha value is -1.77. The van der Waals surface area contributed by atoms with E-state index < -0.39 is 0 Å². The highest BCUT2D eigenvalue weighted by molar-refractivity contribution is 5.64. The number of ether oxygens (including phenoxy) is 1. The van der Waals surface area contributed by atoms with E-state index >= 15 is 0 Å². The van der Waals surface area contributed by atoms with Crippen molar-refractivity contribution in [1.82, 2.24) is 0 Å². The number of allylic oxidation sites excluding steroid dienone is 2. The summed E-state index contributed by atoms with van der Waals surface area (Å²) in [6.07, 6.45) is 4.57. The smallest absolute Gasteiger partial charge is 0.160 e. The van der Waals surface area contributed by atoms with Gasteiger partial charge in [-0.2, -0.15) is 0 Å². The van der Waals surface area contributed by atoms with Crippen molar-refractivity contribution < 1.29 is 14.6 Å². The summed E-state index contributed by atoms with van der Waals surface area (Å²) in [6.45, 7) is 0. The van der Waals surface area contributed by atoms with E-state index in [1.165, 1.54) is 13.2 Å². The summed E-state index contributed by atoms with van der Waals surface area (Å²) >= 11 is 0. The van der Waals surface area contributed by atoms with Gasteiger partial charge < -0.3 is 9.84 Å². The third-order valence-corrected chi connectivity index (χ3v) is 1.81. The molecule has 0 amide bonds. The molecule has 0 aliphatic heterocycles. The minimum absolute atomic E-state index is 0.121. The molecule has 0 heterocycles. The molecular weight excluding hydrogens is 180 g/mol. The second-order valence-corrected chi connectivity index (χ2v) is 2.77. The van der Waals surface area contributed by atoms with Crippen molar-refractivity contribution >= 4 is 6.29 Å². The van der Waals surface area contributed by atoms with Crippen LogP contribution in [0.4, 0.5) is 0 Å². The Morgan fingerprint density at radius 3 is 2.93 bits per heavy atom. The van der Waals surface area contributed by atoms with E-state index in [9.17, 15) is 9.90 Å². The molecule has 0 aromatic heterocycles. The van der Waals surface area contributed by atoms with Crippen LogP contribution in [0.1, 0.15) is 5.56 Å². The van der Waals surface area contributed by atoms with Gasteiger partial charge in [0.15, 0.2) is 11.5 Å². The molecule has 0 radical (unpaired) electrons. The number of methoxy groups -OCH3 is 1. The fraction of sp³-hybridized carbons (Fsp3) is 0.182. The van der Waals surface area contributed by atoms with E-state index in [2.05, 4.69) is 0 Å². The lowest BCUT2D eigenvalue weighted by molar-refractivity contribution is -0.104. The van der Waals surface area contributed by atoms with Crippen LogP contribution in [0.25, 0.3) is 0 Å². The van der Waals surface area contributed by atoms with Gasteiger partial charge in [0.05, 0.1) is 7.11 Å². The standard InChI is InChI=1S/C11H12O3/c1-14-11-8-9(4-2-3-7-12)5-6-10(11)13/h2-3,5-8,13H,4H2,1H3. The number of aldehydes is 1. The number of benzene rings is 1. The van der Waals surface area contributed by atoms with Crippen LogP contribution in [0.2, 0.25) is 0 Å². The van der Waals surface area contributed by atoms with Gasteiger partial charge in [-0.1, -0.05) is 12.1 Å². The Bertz CT molecular complexity index is 342. The number of carbonyl (C=O) groups excluding carboxylic acids is 1. The molecule has 1 N–H and O–H groups in total. The second-order valence-electron chi connectivity index (χ2n) is 2.77. The van der Waals surface area contributed by atoms with Gasteiger partial charge in [-0.25, -0.2) is 0 Å². The van der Waals surface area contributed by atoms with Gasteiger partial charge in [0.2, 0.25) is 0 Å². The highest BCUT2D eigenvalue weighted by Gasteiger charge is 2.00. The summed E-state index contributed by atoms with van der Waals surface area (Å²) in [7, 11) is 1.50. The van der Waals surface area contributed by atoms with E-state index in [-0.39, 0.29) is 5.75 Å². The van der Waals surface area contributed by atoms with Crippen LogP contribution in [0.15, 0.2) is 30.4 Å². The number of phenols is 1. The molecule has 0 saturated carbocycles. The highest BCUT2D eigenvalue weighted by atomic mass is 16.5. The summed E-state index contributed by atoms with van der Waals surface area (Å²) in [5.74, 6) is 0.567. The van der Waals surface area contributed by atoms with Crippen LogP contribution in [0.3, 0.4) is 0 Å². The second kappa shape index (κ2) is 5.07. The van der Waals surface area contributed by atoms with E-state index in [0.717, 1.165) is 11.8 Å². The van der Waals surface area contributed by atoms with Gasteiger partial charge in [0, 0.05) is 0 Å². The van der Waals surface area contributed by atoms with Crippen molar-refractivity contribution in [2.45, 2.75) is 6.42 Å². The average Bonchev–Trinajstić information content (AvgIpc) is 2.21. The topological polar surface area (TPSA) is 46.5 Å². The molecule has 0 saturated heterocycles. The first kappa shape index (κ1) is 10.3. The number of hydrogen-bond donors (Lipinski definition) is 1. The molecule has 0 unspecified atom stereocenters. The number of phenolic OH excluding ortho intramolecular Hbond substituents is 1. The monoisotopic (exact) mass is 192 g/mol. The summed E-state index contributed by atoms with van der Waals surface area (Å²) in [5.41, 5.74) is 0.984. The molecule has 0 bridgehead atoms. The normalized spacial score (nSPS) is 10.4. The predicted octanol–water partition coefficient (Wildman–Crippen LogP) is 1.70. The summed E-state index contributed by atoms with van der Waals surface area (Å²) in [5, 5.41) is 9.31. The predicted molar refractivity (Wildman–Crippen MR) is 53.6 cm³/mol. The molecule has 0 fully saturated rings. The van der Waals surface area contributed by atoms with Crippen LogP contribution in [0, 0.1) is 0 Å². The van der Waals surface area contributed by atoms with Gasteiger partial charge in [0.25, 0.3) is 0 Å². The highest BCUT2D eigenvalue weighted by Crippen LogP contribution is 2.26. The van der Waals surface area contributed by atoms with E-state index in [1.54, 1.807) is 24.3 Å². The third-order valence-electron chi connectivity index (χ3n) is 1.81. The lowest BCUT2D eigenvalue weighted by atomic mass is 10.1. The average molecular weight is 192 g/mol. The first-order valence-electron chi connectivity index (χ1n) is 4.24. The molecule has 3 heteroatoms. The van der Waals surface area contributed by atoms with E-state index in [1.807, 2.05) is 0 Å². The lowest BCUT2D eigenvalue weighted by Gasteiger charge is -2.04. The molecule has 1 rings (SSSR count). The quantitative estimate of drug-likeness (QED) is 0.583. The van der Waals surface area contributed by atoms with Gasteiger partial charge in [-0.3, -0.25) is 4.79 Å². The van der Waals surface area contributed by atoms with Crippen molar-refractivity contribution in [2.75, 3.05) is 7.11 Å². The Morgan fingerprint density at radius 1 is 1.50 bits per heavy atom. The number of aromatic hydroxyl groups is 1. The Labute approximate surface area is 82.6 Å². The summed E-state index contributed by atoms with van der Waals surface area (Å²) < 4.78 is 4.95. The van der Waals surface area contributed by atoms with E-state index in [0.29, 0.717) is 12.2 Å². The summed E-state index contributed by atoms with van der Waals surface area (Å²) in [4.78, 5) is 10.0. The van der Waals surface area contributed by atoms with Crippen molar-refractivity contribution in [3.8, 4) is 11.5 Å². The molecule has 0 atom stereocenters. The first-order valence-corrected chi connectivity index (χ1v) is 4.24. The molecular formula is C11H12O3. The van der Waals surface area contributed by atoms with Gasteiger partial charge >= 0.3 is 0 Å². The minimum atomic E-state index is 0.121. The van der Waals surface area contributed by atoms with Crippen LogP contribution >= 0.6 is 0 Å². The van der Waals surface area contributed by atoms with Crippen molar-refractivity contribution in [3.63, 3.8) is 0 Å². The Balaban J connectivity index is 2.78. The van der Waals surface area contributed by atoms with Crippen molar-refractivity contribution in [2.24, 2.45) is 0 Å². The van der Waals surface area contributed by atoms with Gasteiger partial charge in [-0.15, -0.1) is 0 Å². The zero-order chi connectivity index (χ0) is 10.4. The maximum absolute atomic E-state index is 10.0. The molecule has 1 aromatic rings. The molecule has 14 heavy (non-hydrogen) atoms. The maximum atomic E-state index is 10.0. The zero-order valence-electron chi connectivity index (χ0n) is 7.93. The van der Waals surface area contributed by atoms with Crippen molar-refractivity contribution in [1.29, 1.82) is 0 Å². The molecule has 1 aromatic carbocycles. The molecule has 0 spiro atoms. The van der Waals surface area contributed by atoms with Crippen LogP contribution in [-0.2, 0) is 11.2 Å². The fourth-order valence-electron chi connectivity index (χ4n) is 1.11. The fourth-order valence-corrected chi connectivity index (χ4v) is 1.11. The largest absolute Gasteiger partial charge is 0.504 e. The van der Waals surface area contributed by atoms with Gasteiger partial charge in [-0.05, 0) is 30.2 Å². The minimum Gasteiger partial charge on any atom is -0.504 e. The third kappa shape index (κ3) is 2.62. The maximum Gasteiger partial charge on any atom is 0.160 e. The lowest BCUT2D eigenvalue weighted by Crippen LogP contribution is -1.87. The molecule has 3 nitrogen and oxygen atoms in total. The molecule has 0 aliphatic rings. The number of rotatable bonds is 4. The molecule has 74 valence electrons. The van der Waals surface area contributed by atoms with Crippen LogP contribution in [0.5, 0.6) is 11.5 Å². The molecule has 0 aliphatic carbocycles. The zero-order valence-corrected chi connectivity index (χ0v) is 7.93. The Morgan fingerprint density at radius 2 is 2.29 bits per heavy atom. The first-order chi connectivity index (χ1) is 6.77. The van der Waals surface area contributed by atoms with Crippen molar-refractivity contribution in [3.05, 3.63) is 35.9 Å². The number of carbonyl (C=O) groups is 1. The van der Waals surface area contributed by atoms with E-state index in [4.69, 9.17) is 4.74 Å². The Kier molecular flexibility index (Phi) is 3.73. The van der Waals surface area contributed by atoms with Crippen LogP contribution < -0.4 is 4.74 Å². The number of hydrogen-bond acceptors (Lipinski definition) is 3. The van der Waals surface area contributed by atoms with Crippen LogP contribution in [-0.4, -0.2) is 18.5 Å². The summed E-state index contributed by atoms with van der Waals surface area (Å²) in [6, 6.07) is 5.10. The van der Waals surface area contributed by atoms with Gasteiger partial charge in [0.1, 0.15) is 6.29 Å².